The average Bonchev–Trinajstić information content (AvgIpc) is 2.50. The van der Waals surface area contributed by atoms with Crippen LogP contribution in [0.15, 0.2) is 57.5 Å². The van der Waals surface area contributed by atoms with Gasteiger partial charge in [0.05, 0.1) is 6.10 Å². The van der Waals surface area contributed by atoms with Crippen molar-refractivity contribution in [1.82, 2.24) is 0 Å². The van der Waals surface area contributed by atoms with Crippen molar-refractivity contribution in [3.8, 4) is 0 Å². The Balaban J connectivity index is 2.43. The molecule has 0 fully saturated rings. The van der Waals surface area contributed by atoms with Gasteiger partial charge in [0.2, 0.25) is 0 Å². The summed E-state index contributed by atoms with van der Waals surface area (Å²) in [4.78, 5) is 0. The molecule has 0 heterocycles. The lowest BCUT2D eigenvalue weighted by Gasteiger charge is -2.29. The number of aliphatic hydroxyl groups excluding tert-OH is 1. The van der Waals surface area contributed by atoms with Crippen LogP contribution in [0.3, 0.4) is 0 Å². The van der Waals surface area contributed by atoms with Gasteiger partial charge in [-0.3, -0.25) is 0 Å². The molecule has 21 heavy (non-hydrogen) atoms. The fourth-order valence-electron chi connectivity index (χ4n) is 2.69. The van der Waals surface area contributed by atoms with E-state index >= 15 is 0 Å². The Labute approximate surface area is 143 Å². The van der Waals surface area contributed by atoms with E-state index in [2.05, 4.69) is 57.8 Å². The third-order valence-electron chi connectivity index (χ3n) is 4.06. The minimum absolute atomic E-state index is 0.0850. The van der Waals surface area contributed by atoms with Crippen LogP contribution in [0.1, 0.15) is 43.4 Å². The maximum Gasteiger partial charge on any atom is 0.0872 e. The van der Waals surface area contributed by atoms with Gasteiger partial charge in [-0.2, -0.15) is 0 Å². The van der Waals surface area contributed by atoms with Gasteiger partial charge >= 0.3 is 0 Å². The van der Waals surface area contributed by atoms with E-state index in [0.29, 0.717) is 5.92 Å². The molecule has 0 aliphatic carbocycles. The van der Waals surface area contributed by atoms with Crippen molar-refractivity contribution in [2.75, 3.05) is 0 Å². The zero-order chi connectivity index (χ0) is 15.4. The van der Waals surface area contributed by atoms with Crippen LogP contribution in [0.2, 0.25) is 0 Å². The van der Waals surface area contributed by atoms with E-state index in [0.717, 1.165) is 20.9 Å². The minimum atomic E-state index is -0.533. The molecule has 2 aromatic carbocycles. The number of halogens is 2. The quantitative estimate of drug-likeness (QED) is 0.632. The predicted molar refractivity (Wildman–Crippen MR) is 95.4 cm³/mol. The smallest absolute Gasteiger partial charge is 0.0872 e. The van der Waals surface area contributed by atoms with Gasteiger partial charge in [-0.05, 0) is 35.2 Å². The Hall–Kier alpha value is -0.640. The van der Waals surface area contributed by atoms with Gasteiger partial charge in [0.1, 0.15) is 0 Å². The molecule has 0 aliphatic rings. The average molecular weight is 412 g/mol. The molecule has 0 saturated heterocycles. The summed E-state index contributed by atoms with van der Waals surface area (Å²) in [6.07, 6.45) is 0.497. The molecule has 0 amide bonds. The van der Waals surface area contributed by atoms with E-state index in [1.54, 1.807) is 0 Å². The van der Waals surface area contributed by atoms with Gasteiger partial charge in [-0.15, -0.1) is 0 Å². The highest BCUT2D eigenvalue weighted by atomic mass is 79.9. The topological polar surface area (TPSA) is 20.2 Å². The Bertz CT molecular complexity index is 583. The molecule has 2 aromatic rings. The highest BCUT2D eigenvalue weighted by Gasteiger charge is 2.28. The molecule has 112 valence electrons. The van der Waals surface area contributed by atoms with Gasteiger partial charge < -0.3 is 5.11 Å². The van der Waals surface area contributed by atoms with E-state index in [-0.39, 0.29) is 5.92 Å². The van der Waals surface area contributed by atoms with E-state index in [1.165, 1.54) is 5.56 Å². The number of rotatable bonds is 5. The Morgan fingerprint density at radius 3 is 2.33 bits per heavy atom. The lowest BCUT2D eigenvalue weighted by molar-refractivity contribution is 0.117. The summed E-state index contributed by atoms with van der Waals surface area (Å²) in [6, 6.07) is 16.2. The fraction of sp³-hybridized carbons (Fsp3) is 0.333. The van der Waals surface area contributed by atoms with Crippen LogP contribution in [0.5, 0.6) is 0 Å². The summed E-state index contributed by atoms with van der Waals surface area (Å²) in [6.45, 7) is 4.37. The maximum absolute atomic E-state index is 11.0. The van der Waals surface area contributed by atoms with Crippen molar-refractivity contribution in [3.05, 3.63) is 68.6 Å². The normalized spacial score (nSPS) is 15.5. The number of benzene rings is 2. The van der Waals surface area contributed by atoms with Crippen LogP contribution >= 0.6 is 31.9 Å². The fourth-order valence-corrected chi connectivity index (χ4v) is 3.55. The van der Waals surface area contributed by atoms with Crippen molar-refractivity contribution in [1.29, 1.82) is 0 Å². The Kier molecular flexibility index (Phi) is 6.03. The van der Waals surface area contributed by atoms with Gasteiger partial charge in [-0.25, -0.2) is 0 Å². The van der Waals surface area contributed by atoms with E-state index in [9.17, 15) is 5.11 Å². The Morgan fingerprint density at radius 1 is 1.05 bits per heavy atom. The first-order valence-electron chi connectivity index (χ1n) is 7.22. The molecule has 0 spiro atoms. The SMILES string of the molecule is CCC(C)C(c1ccccc1)C(O)c1cc(Br)ccc1Br. The maximum atomic E-state index is 11.0. The predicted octanol–water partition coefficient (Wildman–Crippen LogP) is 6.07. The minimum Gasteiger partial charge on any atom is -0.388 e. The lowest BCUT2D eigenvalue weighted by Crippen LogP contribution is -2.18. The molecule has 1 nitrogen and oxygen atoms in total. The molecular weight excluding hydrogens is 392 g/mol. The van der Waals surface area contributed by atoms with Crippen molar-refractivity contribution in [2.24, 2.45) is 5.92 Å². The summed E-state index contributed by atoms with van der Waals surface area (Å²) in [5, 5.41) is 11.0. The molecule has 1 N–H and O–H groups in total. The van der Waals surface area contributed by atoms with Crippen LogP contribution in [-0.2, 0) is 0 Å². The van der Waals surface area contributed by atoms with Gasteiger partial charge in [0.25, 0.3) is 0 Å². The molecule has 2 rings (SSSR count). The third kappa shape index (κ3) is 3.97. The summed E-state index contributed by atoms with van der Waals surface area (Å²) in [5.74, 6) is 0.482. The first kappa shape index (κ1) is 16.7. The van der Waals surface area contributed by atoms with Crippen molar-refractivity contribution < 1.29 is 5.11 Å². The summed E-state index contributed by atoms with van der Waals surface area (Å²) in [7, 11) is 0. The number of hydrogen-bond acceptors (Lipinski definition) is 1. The summed E-state index contributed by atoms with van der Waals surface area (Å²) >= 11 is 7.05. The molecule has 3 unspecified atom stereocenters. The lowest BCUT2D eigenvalue weighted by atomic mass is 9.79. The monoisotopic (exact) mass is 410 g/mol. The van der Waals surface area contributed by atoms with Crippen LogP contribution in [-0.4, -0.2) is 5.11 Å². The second kappa shape index (κ2) is 7.57. The van der Waals surface area contributed by atoms with Crippen molar-refractivity contribution in [2.45, 2.75) is 32.3 Å². The molecule has 0 saturated carbocycles. The molecule has 0 aromatic heterocycles. The molecule has 3 heteroatoms. The summed E-state index contributed by atoms with van der Waals surface area (Å²) in [5.41, 5.74) is 2.12. The Morgan fingerprint density at radius 2 is 1.71 bits per heavy atom. The van der Waals surface area contributed by atoms with Crippen LogP contribution in [0.4, 0.5) is 0 Å². The molecule has 0 bridgehead atoms. The van der Waals surface area contributed by atoms with Gasteiger partial charge in [-0.1, -0.05) is 82.5 Å². The second-order valence-corrected chi connectivity index (χ2v) is 7.20. The number of aliphatic hydroxyl groups is 1. The second-order valence-electron chi connectivity index (χ2n) is 5.43. The molecule has 3 atom stereocenters. The first-order valence-corrected chi connectivity index (χ1v) is 8.81. The molecular formula is C18H20Br2O. The zero-order valence-corrected chi connectivity index (χ0v) is 15.4. The van der Waals surface area contributed by atoms with E-state index < -0.39 is 6.10 Å². The van der Waals surface area contributed by atoms with Gasteiger partial charge in [0.15, 0.2) is 0 Å². The highest BCUT2D eigenvalue weighted by Crippen LogP contribution is 2.41. The van der Waals surface area contributed by atoms with Crippen molar-refractivity contribution >= 4 is 31.9 Å². The summed E-state index contributed by atoms with van der Waals surface area (Å²) < 4.78 is 1.93. The van der Waals surface area contributed by atoms with E-state index in [1.807, 2.05) is 36.4 Å². The van der Waals surface area contributed by atoms with Gasteiger partial charge in [0, 0.05) is 14.9 Å². The van der Waals surface area contributed by atoms with Crippen molar-refractivity contribution in [3.63, 3.8) is 0 Å². The standard InChI is InChI=1S/C18H20Br2O/c1-3-12(2)17(13-7-5-4-6-8-13)18(21)15-11-14(19)9-10-16(15)20/h4-12,17-18,21H,3H2,1-2H3. The van der Waals surface area contributed by atoms with Crippen LogP contribution < -0.4 is 0 Å². The zero-order valence-electron chi connectivity index (χ0n) is 12.3. The van der Waals surface area contributed by atoms with Crippen LogP contribution in [0, 0.1) is 5.92 Å². The first-order chi connectivity index (χ1) is 10.0. The molecule has 0 radical (unpaired) electrons. The third-order valence-corrected chi connectivity index (χ3v) is 5.27. The van der Waals surface area contributed by atoms with E-state index in [4.69, 9.17) is 0 Å². The largest absolute Gasteiger partial charge is 0.388 e. The van der Waals surface area contributed by atoms with Crippen LogP contribution in [0.25, 0.3) is 0 Å². The highest BCUT2D eigenvalue weighted by molar-refractivity contribution is 9.11. The molecule has 0 aliphatic heterocycles. The number of hydrogen-bond donors (Lipinski definition) is 1.